The average molecular weight is 479 g/mol. The normalized spacial score (nSPS) is 15.3. The molecule has 172 valence electrons. The highest BCUT2D eigenvalue weighted by atomic mass is 35.5. The lowest BCUT2D eigenvalue weighted by molar-refractivity contribution is -0.139. The monoisotopic (exact) mass is 478 g/mol. The van der Waals surface area contributed by atoms with E-state index in [0.29, 0.717) is 49.2 Å². The highest BCUT2D eigenvalue weighted by molar-refractivity contribution is 7.89. The molecule has 0 saturated carbocycles. The molecule has 1 fully saturated rings. The van der Waals surface area contributed by atoms with Crippen molar-refractivity contribution >= 4 is 33.4 Å². The third-order valence-corrected chi connectivity index (χ3v) is 7.44. The topological polar surface area (TPSA) is 98.8 Å². The zero-order chi connectivity index (χ0) is 23.1. The number of halogens is 1. The van der Waals surface area contributed by atoms with Crippen LogP contribution in [0.5, 0.6) is 0 Å². The van der Waals surface area contributed by atoms with E-state index >= 15 is 0 Å². The Balaban J connectivity index is 1.37. The number of benzene rings is 2. The van der Waals surface area contributed by atoms with E-state index in [1.807, 2.05) is 6.92 Å². The van der Waals surface area contributed by atoms with E-state index in [9.17, 15) is 18.0 Å². The van der Waals surface area contributed by atoms with Gasteiger partial charge in [0, 0.05) is 50.8 Å². The predicted octanol–water partition coefficient (Wildman–Crippen LogP) is 1.39. The maximum Gasteiger partial charge on any atom is 0.309 e. The number of aryl methyl sites for hydroxylation is 1. The summed E-state index contributed by atoms with van der Waals surface area (Å²) in [6.45, 7) is 4.87. The fourth-order valence-electron chi connectivity index (χ4n) is 3.33. The number of hydrogen-bond acceptors (Lipinski definition) is 5. The summed E-state index contributed by atoms with van der Waals surface area (Å²) in [6, 6.07) is 13.8. The Labute approximate surface area is 193 Å². The van der Waals surface area contributed by atoms with E-state index in [1.165, 1.54) is 4.31 Å². The van der Waals surface area contributed by atoms with Crippen LogP contribution >= 0.6 is 11.6 Å². The maximum absolute atomic E-state index is 12.8. The molecule has 0 atom stereocenters. The van der Waals surface area contributed by atoms with Crippen LogP contribution in [-0.4, -0.2) is 68.7 Å². The van der Waals surface area contributed by atoms with Gasteiger partial charge in [0.1, 0.15) is 0 Å². The van der Waals surface area contributed by atoms with E-state index in [4.69, 9.17) is 11.6 Å². The molecule has 3 rings (SSSR count). The van der Waals surface area contributed by atoms with Gasteiger partial charge >= 0.3 is 11.8 Å². The van der Waals surface area contributed by atoms with Crippen molar-refractivity contribution in [2.75, 3.05) is 39.3 Å². The van der Waals surface area contributed by atoms with Crippen LogP contribution in [0.1, 0.15) is 11.1 Å². The molecule has 0 unspecified atom stereocenters. The molecule has 0 aromatic heterocycles. The fraction of sp³-hybridized carbons (Fsp3) is 0.364. The number of carbonyl (C=O) groups is 2. The van der Waals surface area contributed by atoms with Crippen LogP contribution in [0.2, 0.25) is 5.02 Å². The summed E-state index contributed by atoms with van der Waals surface area (Å²) in [5.74, 6) is -1.39. The van der Waals surface area contributed by atoms with Crippen LogP contribution in [0.15, 0.2) is 53.4 Å². The summed E-state index contributed by atoms with van der Waals surface area (Å²) in [7, 11) is -3.50. The first kappa shape index (κ1) is 24.2. The molecule has 2 N–H and O–H groups in total. The molecule has 2 aromatic rings. The molecule has 0 aliphatic carbocycles. The second-order valence-corrected chi connectivity index (χ2v) is 10.00. The number of piperazine rings is 1. The Morgan fingerprint density at radius 1 is 0.906 bits per heavy atom. The zero-order valence-corrected chi connectivity index (χ0v) is 19.5. The molecule has 32 heavy (non-hydrogen) atoms. The van der Waals surface area contributed by atoms with Gasteiger partial charge in [-0.1, -0.05) is 41.4 Å². The predicted molar refractivity (Wildman–Crippen MR) is 123 cm³/mol. The minimum atomic E-state index is -3.50. The van der Waals surface area contributed by atoms with Crippen LogP contribution in [0, 0.1) is 6.92 Å². The average Bonchev–Trinajstić information content (AvgIpc) is 2.79. The smallest absolute Gasteiger partial charge is 0.309 e. The van der Waals surface area contributed by atoms with Crippen molar-refractivity contribution in [3.8, 4) is 0 Å². The van der Waals surface area contributed by atoms with Gasteiger partial charge in [-0.15, -0.1) is 0 Å². The fourth-order valence-corrected chi connectivity index (χ4v) is 4.87. The van der Waals surface area contributed by atoms with Gasteiger partial charge < -0.3 is 10.6 Å². The third-order valence-electron chi connectivity index (χ3n) is 5.28. The molecule has 2 aromatic carbocycles. The van der Waals surface area contributed by atoms with E-state index in [2.05, 4.69) is 15.5 Å². The summed E-state index contributed by atoms with van der Waals surface area (Å²) in [5, 5.41) is 5.77. The lowest BCUT2D eigenvalue weighted by Gasteiger charge is -2.33. The summed E-state index contributed by atoms with van der Waals surface area (Å²) >= 11 is 5.82. The highest BCUT2D eigenvalue weighted by Crippen LogP contribution is 2.18. The van der Waals surface area contributed by atoms with Crippen molar-refractivity contribution < 1.29 is 18.0 Å². The van der Waals surface area contributed by atoms with Crippen LogP contribution in [0.25, 0.3) is 0 Å². The number of hydrogen-bond donors (Lipinski definition) is 2. The highest BCUT2D eigenvalue weighted by Gasteiger charge is 2.28. The second-order valence-electron chi connectivity index (χ2n) is 7.62. The van der Waals surface area contributed by atoms with Gasteiger partial charge in [0.15, 0.2) is 0 Å². The minimum absolute atomic E-state index is 0.237. The van der Waals surface area contributed by atoms with E-state index in [-0.39, 0.29) is 6.54 Å². The van der Waals surface area contributed by atoms with Gasteiger partial charge in [-0.05, 0) is 36.8 Å². The van der Waals surface area contributed by atoms with Gasteiger partial charge in [-0.3, -0.25) is 14.5 Å². The third kappa shape index (κ3) is 6.52. The molecule has 1 saturated heterocycles. The van der Waals surface area contributed by atoms with E-state index < -0.39 is 21.8 Å². The lowest BCUT2D eigenvalue weighted by atomic mass is 10.2. The van der Waals surface area contributed by atoms with Gasteiger partial charge in [-0.25, -0.2) is 8.42 Å². The first-order valence-corrected chi connectivity index (χ1v) is 12.2. The Kier molecular flexibility index (Phi) is 8.25. The maximum atomic E-state index is 12.8. The van der Waals surface area contributed by atoms with Crippen molar-refractivity contribution in [2.45, 2.75) is 18.4 Å². The standard InChI is InChI=1S/C22H27ClN4O4S/c1-17-2-8-20(9-3-17)32(30,31)27-14-12-26(13-15-27)11-10-24-21(28)22(29)25-16-18-4-6-19(23)7-5-18/h2-9H,10-16H2,1H3,(H,24,28)(H,25,29). The van der Waals surface area contributed by atoms with Crippen LogP contribution in [0.4, 0.5) is 0 Å². The van der Waals surface area contributed by atoms with Gasteiger partial charge in [0.05, 0.1) is 4.90 Å². The number of carbonyl (C=O) groups excluding carboxylic acids is 2. The van der Waals surface area contributed by atoms with Gasteiger partial charge in [0.25, 0.3) is 0 Å². The molecule has 10 heteroatoms. The summed E-state index contributed by atoms with van der Waals surface area (Å²) in [4.78, 5) is 26.3. The number of nitrogens with one attached hydrogen (secondary N) is 2. The van der Waals surface area contributed by atoms with Crippen molar-refractivity contribution in [3.63, 3.8) is 0 Å². The van der Waals surface area contributed by atoms with E-state index in [1.54, 1.807) is 48.5 Å². The Morgan fingerprint density at radius 3 is 2.12 bits per heavy atom. The molecular formula is C22H27ClN4O4S. The van der Waals surface area contributed by atoms with Crippen LogP contribution in [0.3, 0.4) is 0 Å². The molecule has 0 bridgehead atoms. The quantitative estimate of drug-likeness (QED) is 0.586. The van der Waals surface area contributed by atoms with E-state index in [0.717, 1.165) is 11.1 Å². The van der Waals surface area contributed by atoms with Gasteiger partial charge in [-0.2, -0.15) is 4.31 Å². The molecule has 8 nitrogen and oxygen atoms in total. The second kappa shape index (κ2) is 10.9. The molecule has 0 radical (unpaired) electrons. The summed E-state index contributed by atoms with van der Waals surface area (Å²) < 4.78 is 27.0. The Morgan fingerprint density at radius 2 is 1.50 bits per heavy atom. The number of rotatable bonds is 7. The Bertz CT molecular complexity index is 1030. The molecular weight excluding hydrogens is 452 g/mol. The molecule has 2 amide bonds. The SMILES string of the molecule is Cc1ccc(S(=O)(=O)N2CCN(CCNC(=O)C(=O)NCc3ccc(Cl)cc3)CC2)cc1. The van der Waals surface area contributed by atoms with Crippen LogP contribution in [-0.2, 0) is 26.2 Å². The van der Waals surface area contributed by atoms with Crippen molar-refractivity contribution in [1.29, 1.82) is 0 Å². The van der Waals surface area contributed by atoms with Crippen molar-refractivity contribution in [3.05, 3.63) is 64.7 Å². The zero-order valence-electron chi connectivity index (χ0n) is 17.9. The van der Waals surface area contributed by atoms with Crippen molar-refractivity contribution in [2.24, 2.45) is 0 Å². The number of nitrogens with zero attached hydrogens (tertiary/aromatic N) is 2. The first-order valence-electron chi connectivity index (χ1n) is 10.4. The largest absolute Gasteiger partial charge is 0.347 e. The minimum Gasteiger partial charge on any atom is -0.347 e. The first-order chi connectivity index (χ1) is 15.3. The molecule has 1 aliphatic heterocycles. The lowest BCUT2D eigenvalue weighted by Crippen LogP contribution is -2.50. The van der Waals surface area contributed by atoms with Crippen molar-refractivity contribution in [1.82, 2.24) is 19.8 Å². The number of amides is 2. The van der Waals surface area contributed by atoms with Gasteiger partial charge in [0.2, 0.25) is 10.0 Å². The molecule has 1 heterocycles. The summed E-state index contributed by atoms with van der Waals surface area (Å²) in [6.07, 6.45) is 0. The Hall–Kier alpha value is -2.46. The number of sulfonamides is 1. The molecule has 0 spiro atoms. The van der Waals surface area contributed by atoms with Crippen LogP contribution < -0.4 is 10.6 Å². The molecule has 1 aliphatic rings. The summed E-state index contributed by atoms with van der Waals surface area (Å²) in [5.41, 5.74) is 1.85.